The number of aromatic nitrogens is 2. The molecule has 2 aromatic rings. The van der Waals surface area contributed by atoms with E-state index in [1.807, 2.05) is 20.2 Å². The maximum atomic E-state index is 13.2. The Hall–Kier alpha value is -2.77. The van der Waals surface area contributed by atoms with Gasteiger partial charge in [0.25, 0.3) is 0 Å². The highest BCUT2D eigenvalue weighted by molar-refractivity contribution is 5.83. The predicted octanol–water partition coefficient (Wildman–Crippen LogP) is 3.87. The fourth-order valence-corrected chi connectivity index (χ4v) is 3.44. The number of nitrogens with zero attached hydrogens (tertiary/aromatic N) is 4. The van der Waals surface area contributed by atoms with E-state index in [2.05, 4.69) is 32.1 Å². The maximum Gasteiger partial charge on any atom is 0.225 e. The third kappa shape index (κ3) is 3.63. The first-order chi connectivity index (χ1) is 13.4. The van der Waals surface area contributed by atoms with Crippen LogP contribution < -0.4 is 15.0 Å². The van der Waals surface area contributed by atoms with Crippen LogP contribution in [0.15, 0.2) is 23.2 Å². The van der Waals surface area contributed by atoms with Crippen LogP contribution >= 0.6 is 0 Å². The van der Waals surface area contributed by atoms with Gasteiger partial charge < -0.3 is 15.0 Å². The normalized spacial score (nSPS) is 23.2. The average molecular weight is 387 g/mol. The summed E-state index contributed by atoms with van der Waals surface area (Å²) < 4.78 is 31.7. The molecule has 0 saturated heterocycles. The molecule has 1 atom stereocenters. The highest BCUT2D eigenvalue weighted by Gasteiger charge is 2.31. The zero-order valence-corrected chi connectivity index (χ0v) is 16.1. The average Bonchev–Trinajstić information content (AvgIpc) is 2.63. The van der Waals surface area contributed by atoms with E-state index in [4.69, 9.17) is 4.74 Å². The molecular formula is C20H23F2N5O. The molecule has 1 fully saturated rings. The number of fused-ring (bicyclic) bond motifs is 1. The monoisotopic (exact) mass is 387 g/mol. The molecule has 8 heteroatoms. The van der Waals surface area contributed by atoms with Crippen molar-refractivity contribution in [1.29, 1.82) is 0 Å². The highest BCUT2D eigenvalue weighted by Crippen LogP contribution is 2.35. The van der Waals surface area contributed by atoms with Crippen molar-refractivity contribution in [2.75, 3.05) is 23.9 Å². The molecule has 0 bridgehead atoms. The van der Waals surface area contributed by atoms with Crippen LogP contribution in [0.3, 0.4) is 0 Å². The summed E-state index contributed by atoms with van der Waals surface area (Å²) in [5.41, 5.74) is 1.66. The molecule has 1 saturated carbocycles. The van der Waals surface area contributed by atoms with Gasteiger partial charge in [-0.25, -0.2) is 13.8 Å². The van der Waals surface area contributed by atoms with Crippen molar-refractivity contribution >= 4 is 23.7 Å². The molecule has 0 amide bonds. The van der Waals surface area contributed by atoms with Crippen molar-refractivity contribution in [1.82, 2.24) is 9.97 Å². The quantitative estimate of drug-likeness (QED) is 0.844. The molecule has 1 aliphatic heterocycles. The second kappa shape index (κ2) is 7.33. The topological polar surface area (TPSA) is 62.6 Å². The van der Waals surface area contributed by atoms with E-state index in [-0.39, 0.29) is 12.1 Å². The standard InChI is InChI=1S/C20H23F2N5O/c1-11-9-23-18-12(2)24-20(26-19(18)27(11)3)25-14-6-13(7-14)10-28-15-4-5-16(21)17(22)8-15/h4-5,8-9,11,13-14H,6-7,10H2,1-3H3,(H,24,25,26)/t11-,13?,14?/m0/s1. The van der Waals surface area contributed by atoms with Gasteiger partial charge >= 0.3 is 0 Å². The SMILES string of the molecule is Cc1nc(NC2CC(COc3ccc(F)c(F)c3)C2)nc2c1N=C[C@H](C)N2C. The van der Waals surface area contributed by atoms with Gasteiger partial charge in [-0.15, -0.1) is 0 Å². The van der Waals surface area contributed by atoms with Gasteiger partial charge in [0.15, 0.2) is 17.5 Å². The van der Waals surface area contributed by atoms with E-state index in [1.54, 1.807) is 0 Å². The molecule has 148 valence electrons. The number of aryl methyl sites for hydroxylation is 1. The Morgan fingerprint density at radius 2 is 2.00 bits per heavy atom. The number of ether oxygens (including phenoxy) is 1. The van der Waals surface area contributed by atoms with E-state index >= 15 is 0 Å². The fourth-order valence-electron chi connectivity index (χ4n) is 3.44. The Bertz CT molecular complexity index is 914. The summed E-state index contributed by atoms with van der Waals surface area (Å²) in [6.45, 7) is 4.48. The molecule has 1 aliphatic carbocycles. The number of hydrogen-bond acceptors (Lipinski definition) is 6. The summed E-state index contributed by atoms with van der Waals surface area (Å²) in [6, 6.07) is 4.05. The summed E-state index contributed by atoms with van der Waals surface area (Å²) in [5, 5.41) is 3.38. The minimum atomic E-state index is -0.894. The molecule has 28 heavy (non-hydrogen) atoms. The zero-order valence-electron chi connectivity index (χ0n) is 16.1. The van der Waals surface area contributed by atoms with E-state index in [9.17, 15) is 8.78 Å². The first kappa shape index (κ1) is 18.6. The largest absolute Gasteiger partial charge is 0.493 e. The van der Waals surface area contributed by atoms with Gasteiger partial charge in [-0.1, -0.05) is 0 Å². The minimum absolute atomic E-state index is 0.191. The van der Waals surface area contributed by atoms with Crippen molar-refractivity contribution in [2.45, 2.75) is 38.8 Å². The fraction of sp³-hybridized carbons (Fsp3) is 0.450. The molecule has 2 aliphatic rings. The van der Waals surface area contributed by atoms with Crippen LogP contribution in [-0.2, 0) is 0 Å². The summed E-state index contributed by atoms with van der Waals surface area (Å²) in [7, 11) is 2.00. The van der Waals surface area contributed by atoms with Crippen LogP contribution in [0.2, 0.25) is 0 Å². The molecule has 2 heterocycles. The molecule has 0 spiro atoms. The van der Waals surface area contributed by atoms with Crippen molar-refractivity contribution in [3.05, 3.63) is 35.5 Å². The summed E-state index contributed by atoms with van der Waals surface area (Å²) in [5.74, 6) is 0.388. The Morgan fingerprint density at radius 1 is 1.21 bits per heavy atom. The Morgan fingerprint density at radius 3 is 2.75 bits per heavy atom. The highest BCUT2D eigenvalue weighted by atomic mass is 19.2. The molecule has 4 rings (SSSR count). The third-order valence-electron chi connectivity index (χ3n) is 5.35. The number of benzene rings is 1. The molecule has 0 unspecified atom stereocenters. The second-order valence-corrected chi connectivity index (χ2v) is 7.50. The first-order valence-corrected chi connectivity index (χ1v) is 9.40. The van der Waals surface area contributed by atoms with Gasteiger partial charge in [0.2, 0.25) is 5.95 Å². The predicted molar refractivity (Wildman–Crippen MR) is 105 cm³/mol. The van der Waals surface area contributed by atoms with E-state index < -0.39 is 11.6 Å². The molecule has 1 aromatic heterocycles. The Balaban J connectivity index is 1.32. The van der Waals surface area contributed by atoms with Gasteiger partial charge in [-0.05, 0) is 44.7 Å². The summed E-state index contributed by atoms with van der Waals surface area (Å²) >= 11 is 0. The minimum Gasteiger partial charge on any atom is -0.493 e. The van der Waals surface area contributed by atoms with Crippen LogP contribution in [0.25, 0.3) is 0 Å². The van der Waals surface area contributed by atoms with E-state index in [0.29, 0.717) is 24.2 Å². The number of aliphatic imine (C=N–C) groups is 1. The lowest BCUT2D eigenvalue weighted by atomic mass is 9.81. The van der Waals surface area contributed by atoms with E-state index in [1.165, 1.54) is 6.07 Å². The molecule has 0 radical (unpaired) electrons. The summed E-state index contributed by atoms with van der Waals surface area (Å²) in [6.07, 6.45) is 3.72. The van der Waals surface area contributed by atoms with E-state index in [0.717, 1.165) is 42.2 Å². The number of anilines is 2. The Kier molecular flexibility index (Phi) is 4.87. The van der Waals surface area contributed by atoms with Gasteiger partial charge in [0.1, 0.15) is 11.4 Å². The van der Waals surface area contributed by atoms with Crippen LogP contribution in [0.4, 0.5) is 26.2 Å². The van der Waals surface area contributed by atoms with Crippen LogP contribution in [0.5, 0.6) is 5.75 Å². The number of halogens is 2. The maximum absolute atomic E-state index is 13.2. The van der Waals surface area contributed by atoms with Crippen molar-refractivity contribution < 1.29 is 13.5 Å². The van der Waals surface area contributed by atoms with Gasteiger partial charge in [0, 0.05) is 25.4 Å². The number of nitrogens with one attached hydrogen (secondary N) is 1. The van der Waals surface area contributed by atoms with Crippen LogP contribution in [0.1, 0.15) is 25.5 Å². The van der Waals surface area contributed by atoms with Crippen molar-refractivity contribution in [2.24, 2.45) is 10.9 Å². The number of hydrogen-bond donors (Lipinski definition) is 1. The van der Waals surface area contributed by atoms with Crippen molar-refractivity contribution in [3.63, 3.8) is 0 Å². The first-order valence-electron chi connectivity index (χ1n) is 9.40. The zero-order chi connectivity index (χ0) is 19.8. The van der Waals surface area contributed by atoms with Crippen molar-refractivity contribution in [3.8, 4) is 5.75 Å². The molecular weight excluding hydrogens is 364 g/mol. The number of rotatable bonds is 5. The molecule has 1 aromatic carbocycles. The van der Waals surface area contributed by atoms with Gasteiger partial charge in [-0.2, -0.15) is 4.98 Å². The molecule has 1 N–H and O–H groups in total. The van der Waals surface area contributed by atoms with Crippen LogP contribution in [0, 0.1) is 24.5 Å². The van der Waals surface area contributed by atoms with Gasteiger partial charge in [0.05, 0.1) is 18.3 Å². The van der Waals surface area contributed by atoms with Crippen LogP contribution in [-0.4, -0.2) is 41.9 Å². The summed E-state index contributed by atoms with van der Waals surface area (Å²) in [4.78, 5) is 15.7. The lowest BCUT2D eigenvalue weighted by Gasteiger charge is -2.36. The second-order valence-electron chi connectivity index (χ2n) is 7.50. The lowest BCUT2D eigenvalue weighted by molar-refractivity contribution is 0.166. The Labute approximate surface area is 162 Å². The molecule has 6 nitrogen and oxygen atoms in total. The smallest absolute Gasteiger partial charge is 0.225 e. The van der Waals surface area contributed by atoms with Gasteiger partial charge in [-0.3, -0.25) is 4.99 Å². The third-order valence-corrected chi connectivity index (χ3v) is 5.35. The lowest BCUT2D eigenvalue weighted by Crippen LogP contribution is -2.39.